The molecule has 0 spiro atoms. The van der Waals surface area contributed by atoms with Gasteiger partial charge in [0.2, 0.25) is 0 Å². The molecule has 13 nitrogen and oxygen atoms in total. The van der Waals surface area contributed by atoms with Gasteiger partial charge in [0.15, 0.2) is 12.0 Å². The zero-order valence-electron chi connectivity index (χ0n) is 22.1. The summed E-state index contributed by atoms with van der Waals surface area (Å²) in [6.07, 6.45) is 3.58. The van der Waals surface area contributed by atoms with E-state index in [1.54, 1.807) is 42.2 Å². The van der Waals surface area contributed by atoms with Crippen molar-refractivity contribution in [3.63, 3.8) is 0 Å². The smallest absolute Gasteiger partial charge is 0.425 e. The van der Waals surface area contributed by atoms with Crippen molar-refractivity contribution in [1.29, 1.82) is 5.53 Å². The minimum atomic E-state index is -0.824. The molecule has 2 aromatic heterocycles. The molecular formula is C26H27Cl2N9O4. The Bertz CT molecular complexity index is 1510. The Balaban J connectivity index is 1.38. The van der Waals surface area contributed by atoms with E-state index in [-0.39, 0.29) is 11.6 Å². The van der Waals surface area contributed by atoms with Gasteiger partial charge in [0.1, 0.15) is 11.8 Å². The molecular weight excluding hydrogens is 573 g/mol. The number of hydrogen-bond donors (Lipinski definition) is 4. The number of methoxy groups -OCH3 is 1. The number of anilines is 1. The van der Waals surface area contributed by atoms with Gasteiger partial charge in [-0.1, -0.05) is 23.2 Å². The van der Waals surface area contributed by atoms with Gasteiger partial charge >= 0.3 is 6.09 Å². The van der Waals surface area contributed by atoms with Gasteiger partial charge in [0.25, 0.3) is 5.91 Å². The Kier molecular flexibility index (Phi) is 8.47. The quantitative estimate of drug-likeness (QED) is 0.114. The van der Waals surface area contributed by atoms with Crippen LogP contribution in [0.25, 0.3) is 5.82 Å². The summed E-state index contributed by atoms with van der Waals surface area (Å²) in [5.74, 6) is 0.247. The molecule has 0 radical (unpaired) electrons. The summed E-state index contributed by atoms with van der Waals surface area (Å²) in [5, 5.41) is 12.3. The Labute approximate surface area is 245 Å². The normalized spacial score (nSPS) is 18.5. The zero-order valence-corrected chi connectivity index (χ0v) is 23.6. The Morgan fingerprint density at radius 3 is 2.80 bits per heavy atom. The van der Waals surface area contributed by atoms with E-state index in [4.69, 9.17) is 33.5 Å². The van der Waals surface area contributed by atoms with Crippen molar-refractivity contribution in [3.05, 3.63) is 69.1 Å². The number of halogens is 2. The second-order valence-electron chi connectivity index (χ2n) is 9.58. The molecule has 5 rings (SSSR count). The highest BCUT2D eigenvalue weighted by molar-refractivity contribution is 6.32. The van der Waals surface area contributed by atoms with Gasteiger partial charge in [-0.15, -0.1) is 0 Å². The molecule has 1 saturated carbocycles. The van der Waals surface area contributed by atoms with E-state index in [0.717, 1.165) is 12.8 Å². The first-order valence-electron chi connectivity index (χ1n) is 12.7. The SMILES string of the molecule is COC(=O)NNC(=O)c1cc(Cl)cc(C)c1NC1OC1c1cc(C=NCC(N=N)C2CC2)nn1-c1ncccc1Cl. The van der Waals surface area contributed by atoms with E-state index in [9.17, 15) is 9.59 Å². The molecule has 2 fully saturated rings. The molecule has 2 aliphatic rings. The molecule has 1 aliphatic carbocycles. The number of amides is 2. The highest BCUT2D eigenvalue weighted by Gasteiger charge is 2.44. The number of ether oxygens (including phenoxy) is 2. The molecule has 2 amide bonds. The fourth-order valence-electron chi connectivity index (χ4n) is 4.34. The zero-order chi connectivity index (χ0) is 29.1. The highest BCUT2D eigenvalue weighted by atomic mass is 35.5. The van der Waals surface area contributed by atoms with E-state index < -0.39 is 24.3 Å². The number of nitrogens with one attached hydrogen (secondary N) is 4. The topological polar surface area (TPSA) is 171 Å². The maximum Gasteiger partial charge on any atom is 0.425 e. The van der Waals surface area contributed by atoms with E-state index in [1.807, 2.05) is 6.07 Å². The molecule has 41 heavy (non-hydrogen) atoms. The van der Waals surface area contributed by atoms with Crippen molar-refractivity contribution in [2.24, 2.45) is 16.0 Å². The average molecular weight is 600 g/mol. The minimum Gasteiger partial charge on any atom is -0.452 e. The summed E-state index contributed by atoms with van der Waals surface area (Å²) in [6.45, 7) is 2.21. The summed E-state index contributed by atoms with van der Waals surface area (Å²) in [7, 11) is 1.18. The van der Waals surface area contributed by atoms with Gasteiger partial charge in [-0.3, -0.25) is 15.2 Å². The summed E-state index contributed by atoms with van der Waals surface area (Å²) in [5.41, 5.74) is 14.4. The van der Waals surface area contributed by atoms with E-state index >= 15 is 0 Å². The van der Waals surface area contributed by atoms with Crippen LogP contribution in [0.4, 0.5) is 10.5 Å². The van der Waals surface area contributed by atoms with Crippen molar-refractivity contribution in [2.45, 2.75) is 38.1 Å². The number of aryl methyl sites for hydroxylation is 1. The number of aliphatic imine (C=N–C) groups is 1. The third-order valence-electron chi connectivity index (χ3n) is 6.62. The van der Waals surface area contributed by atoms with Crippen molar-refractivity contribution in [2.75, 3.05) is 19.0 Å². The first kappa shape index (κ1) is 28.5. The summed E-state index contributed by atoms with van der Waals surface area (Å²) in [4.78, 5) is 33.1. The Morgan fingerprint density at radius 2 is 2.10 bits per heavy atom. The van der Waals surface area contributed by atoms with Gasteiger partial charge in [0, 0.05) is 17.4 Å². The third-order valence-corrected chi connectivity index (χ3v) is 7.13. The van der Waals surface area contributed by atoms with Crippen LogP contribution in [-0.4, -0.2) is 58.9 Å². The molecule has 1 aromatic carbocycles. The maximum atomic E-state index is 12.8. The number of carbonyl (C=O) groups is 2. The average Bonchev–Trinajstić information content (AvgIpc) is 3.89. The Hall–Kier alpha value is -4.07. The van der Waals surface area contributed by atoms with Crippen LogP contribution in [0, 0.1) is 18.4 Å². The van der Waals surface area contributed by atoms with Crippen LogP contribution >= 0.6 is 23.2 Å². The molecule has 3 atom stereocenters. The molecule has 0 bridgehead atoms. The number of carbonyl (C=O) groups excluding carboxylic acids is 2. The molecule has 3 unspecified atom stereocenters. The van der Waals surface area contributed by atoms with Crippen molar-refractivity contribution < 1.29 is 19.1 Å². The first-order valence-corrected chi connectivity index (χ1v) is 13.5. The summed E-state index contributed by atoms with van der Waals surface area (Å²) < 4.78 is 12.1. The standard InChI is InChI=1S/C26H27Cl2N9O4/c1-13-8-15(27)9-17(24(38)34-35-26(39)40-2)21(13)32-25-22(41-25)20-10-16(11-30-12-19(33-29)14-5-6-14)36-37(20)23-18(28)4-3-7-31-23/h3-4,7-11,14,19,22,25,29,32H,5-6,12H2,1-2H3,(H,34,38)(H,35,39). The predicted octanol–water partition coefficient (Wildman–Crippen LogP) is 4.62. The van der Waals surface area contributed by atoms with Crippen LogP contribution in [0.5, 0.6) is 0 Å². The Morgan fingerprint density at radius 1 is 1.29 bits per heavy atom. The minimum absolute atomic E-state index is 0.116. The number of hydrazine groups is 1. The van der Waals surface area contributed by atoms with Crippen LogP contribution < -0.4 is 16.2 Å². The lowest BCUT2D eigenvalue weighted by Crippen LogP contribution is -2.41. The number of benzene rings is 1. The molecule has 1 aliphatic heterocycles. The molecule has 3 heterocycles. The number of aromatic nitrogens is 3. The molecule has 3 aromatic rings. The second-order valence-corrected chi connectivity index (χ2v) is 10.4. The largest absolute Gasteiger partial charge is 0.452 e. The van der Waals surface area contributed by atoms with Gasteiger partial charge in [-0.05, 0) is 61.6 Å². The lowest BCUT2D eigenvalue weighted by molar-refractivity contribution is 0.0921. The second kappa shape index (κ2) is 12.2. The monoisotopic (exact) mass is 599 g/mol. The van der Waals surface area contributed by atoms with Crippen LogP contribution in [0.15, 0.2) is 46.6 Å². The lowest BCUT2D eigenvalue weighted by atomic mass is 10.1. The fourth-order valence-corrected chi connectivity index (χ4v) is 4.82. The van der Waals surface area contributed by atoms with Crippen LogP contribution in [0.2, 0.25) is 10.0 Å². The van der Waals surface area contributed by atoms with Crippen molar-refractivity contribution in [1.82, 2.24) is 25.6 Å². The third kappa shape index (κ3) is 6.64. The van der Waals surface area contributed by atoms with Gasteiger partial charge in [-0.2, -0.15) is 10.2 Å². The predicted molar refractivity (Wildman–Crippen MR) is 151 cm³/mol. The van der Waals surface area contributed by atoms with Gasteiger partial charge in [0.05, 0.1) is 41.7 Å². The van der Waals surface area contributed by atoms with E-state index in [2.05, 4.69) is 41.1 Å². The van der Waals surface area contributed by atoms with Crippen molar-refractivity contribution >= 4 is 47.1 Å². The van der Waals surface area contributed by atoms with Crippen LogP contribution in [0.3, 0.4) is 0 Å². The van der Waals surface area contributed by atoms with Gasteiger partial charge < -0.3 is 14.8 Å². The van der Waals surface area contributed by atoms with Crippen LogP contribution in [0.1, 0.15) is 46.3 Å². The molecule has 214 valence electrons. The lowest BCUT2D eigenvalue weighted by Gasteiger charge is -2.15. The first-order chi connectivity index (χ1) is 19.8. The molecule has 1 saturated heterocycles. The fraction of sp³-hybridized carbons (Fsp3) is 0.346. The van der Waals surface area contributed by atoms with E-state index in [1.165, 1.54) is 13.2 Å². The number of hydrogen-bond acceptors (Lipinski definition) is 10. The number of epoxide rings is 1. The molecule has 15 heteroatoms. The van der Waals surface area contributed by atoms with Gasteiger partial charge in [-0.25, -0.2) is 25.4 Å². The number of rotatable bonds is 10. The number of nitrogens with zero attached hydrogens (tertiary/aromatic N) is 5. The summed E-state index contributed by atoms with van der Waals surface area (Å²) in [6, 6.07) is 8.34. The van der Waals surface area contributed by atoms with Crippen LogP contribution in [-0.2, 0) is 9.47 Å². The molecule has 4 N–H and O–H groups in total. The van der Waals surface area contributed by atoms with E-state index in [0.29, 0.717) is 51.0 Å². The maximum absolute atomic E-state index is 12.8. The highest BCUT2D eigenvalue weighted by Crippen LogP contribution is 2.42. The summed E-state index contributed by atoms with van der Waals surface area (Å²) >= 11 is 12.7. The van der Waals surface area contributed by atoms with Crippen molar-refractivity contribution in [3.8, 4) is 5.82 Å². The number of pyridine rings is 1.